The van der Waals surface area contributed by atoms with Crippen molar-refractivity contribution in [1.29, 1.82) is 0 Å². The lowest BCUT2D eigenvalue weighted by molar-refractivity contribution is -0.133. The van der Waals surface area contributed by atoms with Crippen LogP contribution in [0, 0.1) is 0 Å². The zero-order chi connectivity index (χ0) is 5.44. The zero-order valence-electron chi connectivity index (χ0n) is 3.40. The summed E-state index contributed by atoms with van der Waals surface area (Å²) in [6, 6.07) is 0. The molecule has 1 saturated heterocycles. The molecular weight excluding hydrogens is 181 g/mol. The van der Waals surface area contributed by atoms with E-state index in [0.717, 1.165) is 0 Å². The van der Waals surface area contributed by atoms with Crippen LogP contribution < -0.4 is 0 Å². The van der Waals surface area contributed by atoms with Crippen LogP contribution in [-0.4, -0.2) is 15.3 Å². The molecule has 1 aliphatic heterocycles. The van der Waals surface area contributed by atoms with Gasteiger partial charge < -0.3 is 0 Å². The second kappa shape index (κ2) is 1.63. The molecule has 1 heterocycles. The van der Waals surface area contributed by atoms with Crippen molar-refractivity contribution in [2.45, 2.75) is 11.9 Å². The molecule has 1 fully saturated rings. The van der Waals surface area contributed by atoms with Crippen LogP contribution in [-0.2, 0) is 4.79 Å². The van der Waals surface area contributed by atoms with E-state index in [1.165, 1.54) is 3.93 Å². The molecule has 0 aliphatic carbocycles. The van der Waals surface area contributed by atoms with E-state index >= 15 is 0 Å². The molecular formula is C3H3BrClNO. The van der Waals surface area contributed by atoms with E-state index in [0.29, 0.717) is 6.42 Å². The Balaban J connectivity index is 2.43. The van der Waals surface area contributed by atoms with Gasteiger partial charge in [-0.25, -0.2) is 0 Å². The van der Waals surface area contributed by atoms with Crippen LogP contribution in [0.25, 0.3) is 0 Å². The number of carbonyl (C=O) groups is 1. The second-order valence-electron chi connectivity index (χ2n) is 1.34. The minimum absolute atomic E-state index is 0.0556. The number of carbonyl (C=O) groups excluding carboxylic acids is 1. The first-order valence-corrected chi connectivity index (χ1v) is 2.98. The van der Waals surface area contributed by atoms with Gasteiger partial charge in [-0.2, -0.15) is 0 Å². The lowest BCUT2D eigenvalue weighted by Crippen LogP contribution is -2.41. The molecule has 1 unspecified atom stereocenters. The van der Waals surface area contributed by atoms with Gasteiger partial charge in [0.1, 0.15) is 5.50 Å². The maximum absolute atomic E-state index is 10.2. The Bertz CT molecular complexity index is 107. The van der Waals surface area contributed by atoms with Crippen LogP contribution in [0.15, 0.2) is 0 Å². The fourth-order valence-corrected chi connectivity index (χ4v) is 0.886. The molecule has 0 aromatic rings. The van der Waals surface area contributed by atoms with Crippen molar-refractivity contribution in [1.82, 2.24) is 3.93 Å². The molecule has 1 aliphatic rings. The summed E-state index contributed by atoms with van der Waals surface area (Å²) in [5.74, 6) is 0.0556. The zero-order valence-corrected chi connectivity index (χ0v) is 5.74. The van der Waals surface area contributed by atoms with Crippen molar-refractivity contribution < 1.29 is 4.79 Å². The Morgan fingerprint density at radius 2 is 2.57 bits per heavy atom. The predicted octanol–water partition coefficient (Wildman–Crippen LogP) is 1.09. The maximum Gasteiger partial charge on any atom is 0.237 e. The third-order valence-electron chi connectivity index (χ3n) is 0.827. The molecule has 0 N–H and O–H groups in total. The van der Waals surface area contributed by atoms with E-state index < -0.39 is 0 Å². The standard InChI is InChI=1S/C3H3BrClNO/c4-6-2(5)1-3(6)7/h2H,1H2. The number of rotatable bonds is 0. The summed E-state index contributed by atoms with van der Waals surface area (Å²) in [5, 5.41) is 0. The quantitative estimate of drug-likeness (QED) is 0.239. The minimum atomic E-state index is -0.118. The van der Waals surface area contributed by atoms with E-state index in [4.69, 9.17) is 11.6 Å². The Labute approximate surface area is 54.8 Å². The summed E-state index contributed by atoms with van der Waals surface area (Å²) in [6.45, 7) is 0. The van der Waals surface area contributed by atoms with E-state index in [9.17, 15) is 4.79 Å². The summed E-state index contributed by atoms with van der Waals surface area (Å²) < 4.78 is 1.33. The normalized spacial score (nSPS) is 30.3. The third kappa shape index (κ3) is 0.749. The van der Waals surface area contributed by atoms with Crippen molar-refractivity contribution in [3.8, 4) is 0 Å². The van der Waals surface area contributed by atoms with Crippen molar-refractivity contribution in [3.05, 3.63) is 0 Å². The molecule has 4 heteroatoms. The molecule has 1 atom stereocenters. The Kier molecular flexibility index (Phi) is 1.26. The molecule has 0 saturated carbocycles. The number of alkyl halides is 1. The maximum atomic E-state index is 10.2. The molecule has 0 radical (unpaired) electrons. The topological polar surface area (TPSA) is 20.3 Å². The fourth-order valence-electron chi connectivity index (χ4n) is 0.355. The van der Waals surface area contributed by atoms with Gasteiger partial charge >= 0.3 is 0 Å². The van der Waals surface area contributed by atoms with Gasteiger partial charge in [-0.05, 0) is 0 Å². The number of hydrogen-bond donors (Lipinski definition) is 0. The van der Waals surface area contributed by atoms with E-state index in [-0.39, 0.29) is 11.4 Å². The summed E-state index contributed by atoms with van der Waals surface area (Å²) >= 11 is 8.40. The average Bonchev–Trinajstić information content (AvgIpc) is 1.68. The van der Waals surface area contributed by atoms with Crippen LogP contribution in [0.5, 0.6) is 0 Å². The van der Waals surface area contributed by atoms with Crippen LogP contribution >= 0.6 is 27.7 Å². The van der Waals surface area contributed by atoms with Gasteiger partial charge in [-0.3, -0.25) is 8.72 Å². The number of amides is 1. The number of β-lactam (4-membered cyclic amide) rings is 1. The molecule has 2 nitrogen and oxygen atoms in total. The summed E-state index contributed by atoms with van der Waals surface area (Å²) in [7, 11) is 0. The largest absolute Gasteiger partial charge is 0.274 e. The highest BCUT2D eigenvalue weighted by Gasteiger charge is 2.32. The molecule has 0 aromatic carbocycles. The Morgan fingerprint density at radius 3 is 2.57 bits per heavy atom. The second-order valence-corrected chi connectivity index (χ2v) is 2.61. The van der Waals surface area contributed by atoms with Crippen LogP contribution in [0.3, 0.4) is 0 Å². The molecule has 0 aromatic heterocycles. The van der Waals surface area contributed by atoms with Gasteiger partial charge in [0.05, 0.1) is 22.6 Å². The summed E-state index contributed by atoms with van der Waals surface area (Å²) in [4.78, 5) is 10.2. The summed E-state index contributed by atoms with van der Waals surface area (Å²) in [6.07, 6.45) is 0.465. The van der Waals surface area contributed by atoms with Gasteiger partial charge in [0.25, 0.3) is 0 Å². The van der Waals surface area contributed by atoms with Gasteiger partial charge in [-0.1, -0.05) is 11.6 Å². The highest BCUT2D eigenvalue weighted by Crippen LogP contribution is 2.25. The number of hydrogen-bond acceptors (Lipinski definition) is 1. The molecule has 1 rings (SSSR count). The Hall–Kier alpha value is 0.240. The van der Waals surface area contributed by atoms with Gasteiger partial charge in [-0.15, -0.1) is 0 Å². The van der Waals surface area contributed by atoms with E-state index in [1.54, 1.807) is 0 Å². The first-order valence-electron chi connectivity index (χ1n) is 1.83. The lowest BCUT2D eigenvalue weighted by Gasteiger charge is -2.28. The fraction of sp³-hybridized carbons (Fsp3) is 0.667. The SMILES string of the molecule is O=C1CC(Cl)N1Br. The lowest BCUT2D eigenvalue weighted by atomic mass is 10.3. The molecule has 40 valence electrons. The molecule has 0 spiro atoms. The van der Waals surface area contributed by atoms with Crippen LogP contribution in [0.4, 0.5) is 0 Å². The Morgan fingerprint density at radius 1 is 2.00 bits per heavy atom. The van der Waals surface area contributed by atoms with Crippen molar-refractivity contribution in [2.24, 2.45) is 0 Å². The molecule has 1 amide bonds. The average molecular weight is 184 g/mol. The summed E-state index contributed by atoms with van der Waals surface area (Å²) in [5.41, 5.74) is -0.118. The van der Waals surface area contributed by atoms with Crippen LogP contribution in [0.1, 0.15) is 6.42 Å². The van der Waals surface area contributed by atoms with E-state index in [1.807, 2.05) is 0 Å². The third-order valence-corrected chi connectivity index (χ3v) is 2.30. The minimum Gasteiger partial charge on any atom is -0.274 e. The van der Waals surface area contributed by atoms with Crippen LogP contribution in [0.2, 0.25) is 0 Å². The van der Waals surface area contributed by atoms with Gasteiger partial charge in [0, 0.05) is 0 Å². The van der Waals surface area contributed by atoms with Gasteiger partial charge in [0.15, 0.2) is 0 Å². The molecule has 0 bridgehead atoms. The monoisotopic (exact) mass is 183 g/mol. The smallest absolute Gasteiger partial charge is 0.237 e. The number of nitrogens with zero attached hydrogens (tertiary/aromatic N) is 1. The number of halogens is 2. The first kappa shape index (κ1) is 5.38. The predicted molar refractivity (Wildman–Crippen MR) is 30.0 cm³/mol. The molecule has 7 heavy (non-hydrogen) atoms. The highest BCUT2D eigenvalue weighted by molar-refractivity contribution is 9.07. The highest BCUT2D eigenvalue weighted by atomic mass is 79.9. The van der Waals surface area contributed by atoms with Crippen molar-refractivity contribution >= 4 is 33.7 Å². The van der Waals surface area contributed by atoms with Crippen molar-refractivity contribution in [3.63, 3.8) is 0 Å². The van der Waals surface area contributed by atoms with E-state index in [2.05, 4.69) is 16.1 Å². The first-order chi connectivity index (χ1) is 3.22. The van der Waals surface area contributed by atoms with Gasteiger partial charge in [0.2, 0.25) is 5.91 Å². The van der Waals surface area contributed by atoms with Crippen molar-refractivity contribution in [2.75, 3.05) is 0 Å².